The molecule has 0 saturated carbocycles. The fraction of sp³-hybridized carbons (Fsp3) is 0.667. The summed E-state index contributed by atoms with van der Waals surface area (Å²) in [6.07, 6.45) is 1.94. The van der Waals surface area contributed by atoms with Crippen molar-refractivity contribution in [2.75, 3.05) is 5.75 Å². The monoisotopic (exact) mass is 184 g/mol. The maximum atomic E-state index is 4.35. The highest BCUT2D eigenvalue weighted by atomic mass is 32.2. The van der Waals surface area contributed by atoms with Gasteiger partial charge in [-0.1, -0.05) is 18.7 Å². The summed E-state index contributed by atoms with van der Waals surface area (Å²) in [6, 6.07) is 0.515. The van der Waals surface area contributed by atoms with Crippen LogP contribution in [-0.2, 0) is 0 Å². The minimum atomic E-state index is 0.515. The lowest BCUT2D eigenvalue weighted by atomic mass is 10.4. The average molecular weight is 184 g/mol. The third kappa shape index (κ3) is 1.83. The molecule has 0 spiro atoms. The Bertz CT molecular complexity index is 253. The largest absolute Gasteiger partial charge is 0.321 e. The molecular formula is C9H16N2S. The fourth-order valence-electron chi connectivity index (χ4n) is 1.29. The molecule has 0 unspecified atom stereocenters. The van der Waals surface area contributed by atoms with Crippen LogP contribution in [0.3, 0.4) is 0 Å². The van der Waals surface area contributed by atoms with Crippen LogP contribution in [0.4, 0.5) is 0 Å². The molecule has 0 fully saturated rings. The molecular weight excluding hydrogens is 168 g/mol. The first-order valence-electron chi connectivity index (χ1n) is 4.33. The van der Waals surface area contributed by atoms with Crippen LogP contribution in [0.15, 0.2) is 11.4 Å². The maximum absolute atomic E-state index is 4.35. The minimum Gasteiger partial charge on any atom is -0.321 e. The number of nitrogens with zero attached hydrogens (tertiary/aromatic N) is 2. The molecule has 1 aromatic heterocycles. The zero-order chi connectivity index (χ0) is 9.14. The third-order valence-electron chi connectivity index (χ3n) is 1.74. The average Bonchev–Trinajstić information content (AvgIpc) is 2.32. The standard InChI is InChI=1S/C9H16N2S/c1-5-12-9-10-6-8(4)11(9)7(2)3/h6-7H,5H2,1-4H3. The first kappa shape index (κ1) is 9.65. The van der Waals surface area contributed by atoms with E-state index in [0.29, 0.717) is 6.04 Å². The van der Waals surface area contributed by atoms with Crippen molar-refractivity contribution in [3.63, 3.8) is 0 Å². The predicted molar refractivity (Wildman–Crippen MR) is 53.7 cm³/mol. The van der Waals surface area contributed by atoms with E-state index >= 15 is 0 Å². The number of aryl methyl sites for hydroxylation is 1. The van der Waals surface area contributed by atoms with E-state index in [4.69, 9.17) is 0 Å². The molecule has 0 aliphatic carbocycles. The van der Waals surface area contributed by atoms with Gasteiger partial charge in [-0.3, -0.25) is 0 Å². The van der Waals surface area contributed by atoms with Crippen molar-refractivity contribution < 1.29 is 0 Å². The summed E-state index contributed by atoms with van der Waals surface area (Å²) in [5.74, 6) is 1.09. The van der Waals surface area contributed by atoms with Crippen molar-refractivity contribution in [2.45, 2.75) is 38.9 Å². The van der Waals surface area contributed by atoms with E-state index in [1.807, 2.05) is 6.20 Å². The van der Waals surface area contributed by atoms with Crippen molar-refractivity contribution in [1.29, 1.82) is 0 Å². The lowest BCUT2D eigenvalue weighted by Gasteiger charge is -2.12. The number of hydrogen-bond acceptors (Lipinski definition) is 2. The highest BCUT2D eigenvalue weighted by molar-refractivity contribution is 7.99. The normalized spacial score (nSPS) is 11.1. The lowest BCUT2D eigenvalue weighted by Crippen LogP contribution is -2.04. The number of aromatic nitrogens is 2. The van der Waals surface area contributed by atoms with Gasteiger partial charge in [-0.15, -0.1) is 0 Å². The van der Waals surface area contributed by atoms with Gasteiger partial charge in [-0.25, -0.2) is 4.98 Å². The van der Waals surface area contributed by atoms with Crippen molar-refractivity contribution in [3.05, 3.63) is 11.9 Å². The van der Waals surface area contributed by atoms with Crippen LogP contribution in [0.25, 0.3) is 0 Å². The van der Waals surface area contributed by atoms with Gasteiger partial charge in [0.2, 0.25) is 0 Å². The smallest absolute Gasteiger partial charge is 0.168 e. The summed E-state index contributed by atoms with van der Waals surface area (Å²) in [5, 5.41) is 1.14. The third-order valence-corrected chi connectivity index (χ3v) is 2.59. The Hall–Kier alpha value is -0.440. The lowest BCUT2D eigenvalue weighted by molar-refractivity contribution is 0.537. The van der Waals surface area contributed by atoms with Crippen molar-refractivity contribution in [1.82, 2.24) is 9.55 Å². The highest BCUT2D eigenvalue weighted by Crippen LogP contribution is 2.21. The summed E-state index contributed by atoms with van der Waals surface area (Å²) in [6.45, 7) is 8.63. The van der Waals surface area contributed by atoms with Gasteiger partial charge < -0.3 is 4.57 Å². The second-order valence-corrected chi connectivity index (χ2v) is 4.31. The number of thioether (sulfide) groups is 1. The zero-order valence-corrected chi connectivity index (χ0v) is 8.98. The van der Waals surface area contributed by atoms with Crippen LogP contribution < -0.4 is 0 Å². The van der Waals surface area contributed by atoms with Gasteiger partial charge in [0.25, 0.3) is 0 Å². The van der Waals surface area contributed by atoms with Gasteiger partial charge in [0.05, 0.1) is 0 Å². The summed E-state index contributed by atoms with van der Waals surface area (Å²) in [5.41, 5.74) is 1.25. The Morgan fingerprint density at radius 1 is 1.58 bits per heavy atom. The molecule has 0 N–H and O–H groups in total. The molecule has 68 valence electrons. The van der Waals surface area contributed by atoms with Gasteiger partial charge in [0.1, 0.15) is 0 Å². The Kier molecular flexibility index (Phi) is 3.20. The molecule has 1 heterocycles. The first-order chi connectivity index (χ1) is 5.66. The molecule has 0 aromatic carbocycles. The second kappa shape index (κ2) is 3.99. The van der Waals surface area contributed by atoms with Crippen LogP contribution in [0, 0.1) is 6.92 Å². The van der Waals surface area contributed by atoms with E-state index in [2.05, 4.69) is 37.2 Å². The minimum absolute atomic E-state index is 0.515. The number of rotatable bonds is 3. The van der Waals surface area contributed by atoms with Gasteiger partial charge >= 0.3 is 0 Å². The van der Waals surface area contributed by atoms with Gasteiger partial charge in [-0.2, -0.15) is 0 Å². The summed E-state index contributed by atoms with van der Waals surface area (Å²) < 4.78 is 2.27. The number of imidazole rings is 1. The molecule has 0 atom stereocenters. The Labute approximate surface area is 78.4 Å². The SMILES string of the molecule is CCSc1ncc(C)n1C(C)C. The Morgan fingerprint density at radius 3 is 2.75 bits per heavy atom. The van der Waals surface area contributed by atoms with E-state index in [0.717, 1.165) is 10.9 Å². The van der Waals surface area contributed by atoms with Gasteiger partial charge in [0.15, 0.2) is 5.16 Å². The summed E-state index contributed by atoms with van der Waals surface area (Å²) in [4.78, 5) is 4.35. The van der Waals surface area contributed by atoms with Crippen molar-refractivity contribution >= 4 is 11.8 Å². The molecule has 0 radical (unpaired) electrons. The van der Waals surface area contributed by atoms with Crippen LogP contribution >= 0.6 is 11.8 Å². The van der Waals surface area contributed by atoms with E-state index < -0.39 is 0 Å². The molecule has 0 saturated heterocycles. The number of hydrogen-bond donors (Lipinski definition) is 0. The predicted octanol–water partition coefficient (Wildman–Crippen LogP) is 2.88. The van der Waals surface area contributed by atoms with Crippen LogP contribution in [0.1, 0.15) is 32.5 Å². The highest BCUT2D eigenvalue weighted by Gasteiger charge is 2.08. The molecule has 0 aliphatic rings. The molecule has 3 heteroatoms. The van der Waals surface area contributed by atoms with E-state index in [1.165, 1.54) is 5.69 Å². The first-order valence-corrected chi connectivity index (χ1v) is 5.32. The Balaban J connectivity index is 2.95. The van der Waals surface area contributed by atoms with Crippen LogP contribution in [-0.4, -0.2) is 15.3 Å². The van der Waals surface area contributed by atoms with E-state index in [1.54, 1.807) is 11.8 Å². The van der Waals surface area contributed by atoms with Crippen molar-refractivity contribution in [3.8, 4) is 0 Å². The zero-order valence-electron chi connectivity index (χ0n) is 8.16. The quantitative estimate of drug-likeness (QED) is 0.672. The maximum Gasteiger partial charge on any atom is 0.168 e. The summed E-state index contributed by atoms with van der Waals surface area (Å²) >= 11 is 1.80. The van der Waals surface area contributed by atoms with Crippen LogP contribution in [0.2, 0.25) is 0 Å². The Morgan fingerprint density at radius 2 is 2.25 bits per heavy atom. The molecule has 2 nitrogen and oxygen atoms in total. The van der Waals surface area contributed by atoms with Gasteiger partial charge in [-0.05, 0) is 26.5 Å². The molecule has 12 heavy (non-hydrogen) atoms. The molecule has 0 aliphatic heterocycles. The van der Waals surface area contributed by atoms with Crippen molar-refractivity contribution in [2.24, 2.45) is 0 Å². The topological polar surface area (TPSA) is 17.8 Å². The van der Waals surface area contributed by atoms with E-state index in [-0.39, 0.29) is 0 Å². The molecule has 1 aromatic rings. The van der Waals surface area contributed by atoms with E-state index in [9.17, 15) is 0 Å². The van der Waals surface area contributed by atoms with Gasteiger partial charge in [0, 0.05) is 17.9 Å². The molecule has 0 bridgehead atoms. The molecule has 0 amide bonds. The summed E-state index contributed by atoms with van der Waals surface area (Å²) in [7, 11) is 0. The molecule has 1 rings (SSSR count). The fourth-order valence-corrected chi connectivity index (χ4v) is 2.17. The van der Waals surface area contributed by atoms with Crippen LogP contribution in [0.5, 0.6) is 0 Å². The second-order valence-electron chi connectivity index (χ2n) is 3.08.